The van der Waals surface area contributed by atoms with Crippen LogP contribution in [0.25, 0.3) is 0 Å². The maximum atomic E-state index is 12.0. The Hall–Kier alpha value is -1.63. The predicted octanol–water partition coefficient (Wildman–Crippen LogP) is 0.688. The molecular weight excluding hydrogens is 252 g/mol. The van der Waals surface area contributed by atoms with Gasteiger partial charge in [0.1, 0.15) is 5.03 Å². The van der Waals surface area contributed by atoms with Crippen LogP contribution in [0.4, 0.5) is 5.82 Å². The lowest BCUT2D eigenvalue weighted by molar-refractivity contribution is -0.138. The molecule has 2 rings (SSSR count). The molecule has 18 heavy (non-hydrogen) atoms. The Balaban J connectivity index is 2.10. The molecule has 0 radical (unpaired) electrons. The maximum Gasteiger partial charge on any atom is 0.243 e. The average molecular weight is 266 g/mol. The second-order valence-corrected chi connectivity index (χ2v) is 5.13. The largest absolute Gasteiger partial charge is 0.381 e. The number of nitrogen functional groups attached to an aromatic ring is 1. The Morgan fingerprint density at radius 3 is 2.83 bits per heavy atom. The lowest BCUT2D eigenvalue weighted by Gasteiger charge is -2.13. The van der Waals surface area contributed by atoms with Crippen LogP contribution < -0.4 is 5.73 Å². The summed E-state index contributed by atoms with van der Waals surface area (Å²) in [6, 6.07) is 0. The van der Waals surface area contributed by atoms with Gasteiger partial charge in [-0.3, -0.25) is 14.5 Å². The molecule has 0 aliphatic carbocycles. The number of anilines is 1. The Morgan fingerprint density at radius 1 is 1.44 bits per heavy atom. The smallest absolute Gasteiger partial charge is 0.243 e. The van der Waals surface area contributed by atoms with E-state index in [1.807, 2.05) is 6.92 Å². The van der Waals surface area contributed by atoms with Gasteiger partial charge in [-0.15, -0.1) is 0 Å². The minimum atomic E-state index is -0.428. The SMILES string of the molecule is CCCN1C(=O)CC(Sc2nccnc2N)C1=O. The summed E-state index contributed by atoms with van der Waals surface area (Å²) >= 11 is 1.21. The van der Waals surface area contributed by atoms with Crippen molar-refractivity contribution < 1.29 is 9.59 Å². The molecule has 1 aromatic rings. The van der Waals surface area contributed by atoms with Crippen LogP contribution in [0.15, 0.2) is 17.4 Å². The molecule has 0 saturated carbocycles. The van der Waals surface area contributed by atoms with Crippen molar-refractivity contribution in [1.82, 2.24) is 14.9 Å². The monoisotopic (exact) mass is 266 g/mol. The number of imide groups is 1. The third kappa shape index (κ3) is 2.45. The fourth-order valence-electron chi connectivity index (χ4n) is 1.76. The van der Waals surface area contributed by atoms with Gasteiger partial charge in [0.15, 0.2) is 5.82 Å². The zero-order valence-electron chi connectivity index (χ0n) is 10.00. The molecule has 1 atom stereocenters. The van der Waals surface area contributed by atoms with E-state index in [0.717, 1.165) is 6.42 Å². The van der Waals surface area contributed by atoms with Crippen molar-refractivity contribution in [3.8, 4) is 0 Å². The fourth-order valence-corrected chi connectivity index (χ4v) is 2.78. The summed E-state index contributed by atoms with van der Waals surface area (Å²) in [6.07, 6.45) is 3.98. The van der Waals surface area contributed by atoms with Gasteiger partial charge >= 0.3 is 0 Å². The van der Waals surface area contributed by atoms with Gasteiger partial charge in [-0.25, -0.2) is 9.97 Å². The van der Waals surface area contributed by atoms with Crippen LogP contribution >= 0.6 is 11.8 Å². The van der Waals surface area contributed by atoms with Crippen molar-refractivity contribution in [1.29, 1.82) is 0 Å². The third-order valence-electron chi connectivity index (χ3n) is 2.59. The molecule has 2 heterocycles. The van der Waals surface area contributed by atoms with E-state index in [1.54, 1.807) is 0 Å². The standard InChI is InChI=1S/C11H14N4O2S/c1-2-5-15-8(16)6-7(11(15)17)18-10-9(12)13-3-4-14-10/h3-4,7H,2,5-6H2,1H3,(H2,12,13). The van der Waals surface area contributed by atoms with Gasteiger partial charge in [-0.1, -0.05) is 18.7 Å². The molecule has 96 valence electrons. The minimum absolute atomic E-state index is 0.123. The molecule has 7 heteroatoms. The lowest BCUT2D eigenvalue weighted by atomic mass is 10.4. The highest BCUT2D eigenvalue weighted by atomic mass is 32.2. The van der Waals surface area contributed by atoms with Crippen LogP contribution in [-0.4, -0.2) is 38.5 Å². The molecule has 0 bridgehead atoms. The van der Waals surface area contributed by atoms with Crippen molar-refractivity contribution in [3.05, 3.63) is 12.4 Å². The first-order chi connectivity index (χ1) is 8.63. The molecule has 1 aliphatic rings. The van der Waals surface area contributed by atoms with Crippen LogP contribution in [0.3, 0.4) is 0 Å². The number of thioether (sulfide) groups is 1. The number of nitrogens with zero attached hydrogens (tertiary/aromatic N) is 3. The number of amides is 2. The summed E-state index contributed by atoms with van der Waals surface area (Å²) in [4.78, 5) is 33.0. The number of nitrogens with two attached hydrogens (primary N) is 1. The summed E-state index contributed by atoms with van der Waals surface area (Å²) in [5.41, 5.74) is 5.67. The molecular formula is C11H14N4O2S. The van der Waals surface area contributed by atoms with Gasteiger partial charge in [-0.05, 0) is 6.42 Å². The number of likely N-dealkylation sites (tertiary alicyclic amines) is 1. The van der Waals surface area contributed by atoms with Crippen LogP contribution in [0.1, 0.15) is 19.8 Å². The van der Waals surface area contributed by atoms with Gasteiger partial charge in [0.2, 0.25) is 11.8 Å². The first kappa shape index (κ1) is 12.8. The summed E-state index contributed by atoms with van der Waals surface area (Å²) in [5.74, 6) is 0.00963. The number of carbonyl (C=O) groups excluding carboxylic acids is 2. The molecule has 1 aliphatic heterocycles. The normalized spacial score (nSPS) is 19.6. The first-order valence-electron chi connectivity index (χ1n) is 5.70. The Bertz CT molecular complexity index is 480. The molecule has 1 unspecified atom stereocenters. The second-order valence-electron chi connectivity index (χ2n) is 3.94. The van der Waals surface area contributed by atoms with Gasteiger partial charge in [-0.2, -0.15) is 0 Å². The van der Waals surface area contributed by atoms with Crippen molar-refractivity contribution in [3.63, 3.8) is 0 Å². The van der Waals surface area contributed by atoms with Crippen molar-refractivity contribution in [2.75, 3.05) is 12.3 Å². The van der Waals surface area contributed by atoms with Gasteiger partial charge in [0.05, 0.1) is 5.25 Å². The van der Waals surface area contributed by atoms with Crippen LogP contribution in [0.5, 0.6) is 0 Å². The van der Waals surface area contributed by atoms with Gasteiger partial charge in [0.25, 0.3) is 0 Å². The van der Waals surface area contributed by atoms with E-state index >= 15 is 0 Å². The average Bonchev–Trinajstić information content (AvgIpc) is 2.60. The predicted molar refractivity (Wildman–Crippen MR) is 67.7 cm³/mol. The Morgan fingerprint density at radius 2 is 2.17 bits per heavy atom. The van der Waals surface area contributed by atoms with Crippen molar-refractivity contribution in [2.45, 2.75) is 30.0 Å². The van der Waals surface area contributed by atoms with E-state index in [-0.39, 0.29) is 24.1 Å². The van der Waals surface area contributed by atoms with Crippen molar-refractivity contribution in [2.24, 2.45) is 0 Å². The van der Waals surface area contributed by atoms with E-state index in [0.29, 0.717) is 11.6 Å². The summed E-state index contributed by atoms with van der Waals surface area (Å²) < 4.78 is 0. The fraction of sp³-hybridized carbons (Fsp3) is 0.455. The third-order valence-corrected chi connectivity index (χ3v) is 3.79. The Labute approximate surface area is 109 Å². The molecule has 1 saturated heterocycles. The quantitative estimate of drug-likeness (QED) is 0.806. The van der Waals surface area contributed by atoms with Crippen LogP contribution in [-0.2, 0) is 9.59 Å². The summed E-state index contributed by atoms with van der Waals surface area (Å²) in [6.45, 7) is 2.41. The lowest BCUT2D eigenvalue weighted by Crippen LogP contribution is -2.31. The van der Waals surface area contributed by atoms with E-state index in [1.165, 1.54) is 29.1 Å². The number of rotatable bonds is 4. The number of hydrogen-bond acceptors (Lipinski definition) is 6. The molecule has 2 N–H and O–H groups in total. The molecule has 6 nitrogen and oxygen atoms in total. The number of aromatic nitrogens is 2. The zero-order chi connectivity index (χ0) is 13.1. The summed E-state index contributed by atoms with van der Waals surface area (Å²) in [5, 5.41) is 0.0741. The molecule has 2 amide bonds. The van der Waals surface area contributed by atoms with Crippen molar-refractivity contribution >= 4 is 29.4 Å². The topological polar surface area (TPSA) is 89.2 Å². The Kier molecular flexibility index (Phi) is 3.81. The highest BCUT2D eigenvalue weighted by Crippen LogP contribution is 2.32. The van der Waals surface area contributed by atoms with E-state index < -0.39 is 5.25 Å². The molecule has 0 spiro atoms. The van der Waals surface area contributed by atoms with Gasteiger partial charge in [0, 0.05) is 25.4 Å². The summed E-state index contributed by atoms with van der Waals surface area (Å²) in [7, 11) is 0. The van der Waals surface area contributed by atoms with Crippen LogP contribution in [0.2, 0.25) is 0 Å². The first-order valence-corrected chi connectivity index (χ1v) is 6.58. The molecule has 0 aromatic carbocycles. The van der Waals surface area contributed by atoms with E-state index in [4.69, 9.17) is 5.73 Å². The molecule has 1 fully saturated rings. The molecule has 1 aromatic heterocycles. The van der Waals surface area contributed by atoms with E-state index in [9.17, 15) is 9.59 Å². The van der Waals surface area contributed by atoms with E-state index in [2.05, 4.69) is 9.97 Å². The highest BCUT2D eigenvalue weighted by molar-refractivity contribution is 8.00. The van der Waals surface area contributed by atoms with Crippen LogP contribution in [0, 0.1) is 0 Å². The highest BCUT2D eigenvalue weighted by Gasteiger charge is 2.39. The van der Waals surface area contributed by atoms with Gasteiger partial charge < -0.3 is 5.73 Å². The minimum Gasteiger partial charge on any atom is -0.381 e. The number of hydrogen-bond donors (Lipinski definition) is 1. The number of carbonyl (C=O) groups is 2. The zero-order valence-corrected chi connectivity index (χ0v) is 10.8. The second kappa shape index (κ2) is 5.34. The maximum absolute atomic E-state index is 12.0.